The van der Waals surface area contributed by atoms with Crippen LogP contribution in [0.4, 0.5) is 0 Å². The zero-order valence-corrected chi connectivity index (χ0v) is 9.66. The Morgan fingerprint density at radius 3 is 2.38 bits per heavy atom. The molecule has 1 rings (SSSR count). The molecule has 0 aliphatic heterocycles. The average Bonchev–Trinajstić information content (AvgIpc) is 2.24. The summed E-state index contributed by atoms with van der Waals surface area (Å²) < 4.78 is 0. The Bertz CT molecular complexity index is 357. The molecule has 1 amide bonds. The van der Waals surface area contributed by atoms with E-state index < -0.39 is 0 Å². The summed E-state index contributed by atoms with van der Waals surface area (Å²) in [4.78, 5) is 11.7. The number of rotatable bonds is 4. The lowest BCUT2D eigenvalue weighted by atomic mass is 10.1. The molecule has 3 N–H and O–H groups in total. The third kappa shape index (κ3) is 3.31. The van der Waals surface area contributed by atoms with Crippen molar-refractivity contribution in [3.63, 3.8) is 0 Å². The third-order valence-corrected chi connectivity index (χ3v) is 2.55. The molecular weight excluding hydrogens is 230 g/mol. The van der Waals surface area contributed by atoms with E-state index in [1.807, 2.05) is 6.92 Å². The van der Waals surface area contributed by atoms with Crippen LogP contribution in [0.25, 0.3) is 0 Å². The number of hydrogen-bond donors (Lipinski definition) is 3. The molecule has 1 aromatic rings. The predicted molar refractivity (Wildman–Crippen MR) is 62.0 cm³/mol. The van der Waals surface area contributed by atoms with E-state index in [2.05, 4.69) is 5.32 Å². The van der Waals surface area contributed by atoms with Gasteiger partial charge in [0.1, 0.15) is 11.5 Å². The van der Waals surface area contributed by atoms with Crippen molar-refractivity contribution in [1.82, 2.24) is 5.32 Å². The third-order valence-electron chi connectivity index (χ3n) is 2.18. The van der Waals surface area contributed by atoms with Crippen molar-refractivity contribution in [2.24, 2.45) is 0 Å². The summed E-state index contributed by atoms with van der Waals surface area (Å²) in [6.07, 6.45) is 0.722. The average molecular weight is 244 g/mol. The van der Waals surface area contributed by atoms with Crippen molar-refractivity contribution in [2.45, 2.75) is 19.4 Å². The lowest BCUT2D eigenvalue weighted by Gasteiger charge is -2.13. The molecule has 0 radical (unpaired) electrons. The van der Waals surface area contributed by atoms with E-state index in [-0.39, 0.29) is 29.0 Å². The van der Waals surface area contributed by atoms with Crippen LogP contribution in [0.15, 0.2) is 18.2 Å². The van der Waals surface area contributed by atoms with Crippen molar-refractivity contribution >= 4 is 17.5 Å². The topological polar surface area (TPSA) is 69.6 Å². The fraction of sp³-hybridized carbons (Fsp3) is 0.364. The van der Waals surface area contributed by atoms with Gasteiger partial charge in [0, 0.05) is 23.6 Å². The zero-order valence-electron chi connectivity index (χ0n) is 8.90. The van der Waals surface area contributed by atoms with Gasteiger partial charge in [-0.3, -0.25) is 4.79 Å². The maximum atomic E-state index is 11.7. The molecule has 0 aliphatic carbocycles. The Balaban J connectivity index is 2.80. The van der Waals surface area contributed by atoms with Crippen molar-refractivity contribution in [3.8, 4) is 11.5 Å². The molecule has 4 nitrogen and oxygen atoms in total. The van der Waals surface area contributed by atoms with Crippen LogP contribution in [0, 0.1) is 0 Å². The van der Waals surface area contributed by atoms with E-state index in [1.54, 1.807) is 0 Å². The summed E-state index contributed by atoms with van der Waals surface area (Å²) in [6.45, 7) is 1.91. The van der Waals surface area contributed by atoms with Crippen LogP contribution in [0.5, 0.6) is 11.5 Å². The van der Waals surface area contributed by atoms with Crippen molar-refractivity contribution in [3.05, 3.63) is 23.8 Å². The summed E-state index contributed by atoms with van der Waals surface area (Å²) in [5, 5.41) is 21.1. The first kappa shape index (κ1) is 12.6. The monoisotopic (exact) mass is 243 g/mol. The minimum Gasteiger partial charge on any atom is -0.508 e. The smallest absolute Gasteiger partial charge is 0.251 e. The van der Waals surface area contributed by atoms with Gasteiger partial charge in [0.05, 0.1) is 0 Å². The largest absolute Gasteiger partial charge is 0.508 e. The highest BCUT2D eigenvalue weighted by atomic mass is 35.5. The lowest BCUT2D eigenvalue weighted by molar-refractivity contribution is 0.0939. The summed E-state index contributed by atoms with van der Waals surface area (Å²) >= 11 is 5.65. The van der Waals surface area contributed by atoms with Crippen LogP contribution >= 0.6 is 11.6 Å². The van der Waals surface area contributed by atoms with Crippen LogP contribution in [0.2, 0.25) is 0 Å². The quantitative estimate of drug-likeness (QED) is 0.707. The molecule has 0 fully saturated rings. The van der Waals surface area contributed by atoms with Crippen LogP contribution < -0.4 is 5.32 Å². The van der Waals surface area contributed by atoms with Gasteiger partial charge in [0.25, 0.3) is 5.91 Å². The Kier molecular flexibility index (Phi) is 4.43. The van der Waals surface area contributed by atoms with Crippen LogP contribution in [0.3, 0.4) is 0 Å². The van der Waals surface area contributed by atoms with E-state index in [0.29, 0.717) is 5.88 Å². The number of halogens is 1. The molecule has 88 valence electrons. The van der Waals surface area contributed by atoms with Gasteiger partial charge in [-0.2, -0.15) is 0 Å². The number of nitrogens with one attached hydrogen (secondary N) is 1. The molecule has 16 heavy (non-hydrogen) atoms. The normalized spacial score (nSPS) is 12.1. The van der Waals surface area contributed by atoms with E-state index in [9.17, 15) is 15.0 Å². The maximum Gasteiger partial charge on any atom is 0.251 e. The highest BCUT2D eigenvalue weighted by molar-refractivity contribution is 6.18. The summed E-state index contributed by atoms with van der Waals surface area (Å²) in [5.74, 6) is -0.334. The molecule has 0 saturated heterocycles. The highest BCUT2D eigenvalue weighted by Crippen LogP contribution is 2.20. The second kappa shape index (κ2) is 5.61. The number of carbonyl (C=O) groups is 1. The van der Waals surface area contributed by atoms with E-state index in [4.69, 9.17) is 11.6 Å². The summed E-state index contributed by atoms with van der Waals surface area (Å²) in [5.41, 5.74) is 0.209. The SMILES string of the molecule is CCC(CCl)NC(=O)c1cc(O)cc(O)c1. The molecule has 0 aromatic heterocycles. The van der Waals surface area contributed by atoms with E-state index >= 15 is 0 Å². The standard InChI is InChI=1S/C11H14ClNO3/c1-2-8(6-12)13-11(16)7-3-9(14)5-10(15)4-7/h3-5,8,14-15H,2,6H2,1H3,(H,13,16). The first-order valence-corrected chi connectivity index (χ1v) is 5.50. The van der Waals surface area contributed by atoms with Crippen molar-refractivity contribution < 1.29 is 15.0 Å². The lowest BCUT2D eigenvalue weighted by Crippen LogP contribution is -2.35. The first-order valence-electron chi connectivity index (χ1n) is 4.96. The number of carbonyl (C=O) groups excluding carboxylic acids is 1. The van der Waals surface area contributed by atoms with Gasteiger partial charge < -0.3 is 15.5 Å². The number of phenols is 2. The number of aromatic hydroxyl groups is 2. The van der Waals surface area contributed by atoms with Gasteiger partial charge in [-0.25, -0.2) is 0 Å². The molecule has 5 heteroatoms. The number of alkyl halides is 1. The minimum atomic E-state index is -0.362. The molecule has 1 unspecified atom stereocenters. The molecular formula is C11H14ClNO3. The molecule has 1 atom stereocenters. The van der Waals surface area contributed by atoms with Crippen molar-refractivity contribution in [2.75, 3.05) is 5.88 Å². The zero-order chi connectivity index (χ0) is 12.1. The van der Waals surface area contributed by atoms with Gasteiger partial charge in [0.2, 0.25) is 0 Å². The molecule has 0 bridgehead atoms. The fourth-order valence-electron chi connectivity index (χ4n) is 1.24. The van der Waals surface area contributed by atoms with Crippen molar-refractivity contribution in [1.29, 1.82) is 0 Å². The molecule has 0 aliphatic rings. The van der Waals surface area contributed by atoms with Gasteiger partial charge in [-0.15, -0.1) is 11.6 Å². The minimum absolute atomic E-state index is 0.112. The maximum absolute atomic E-state index is 11.7. The number of phenolic OH excluding ortho intramolecular Hbond substituents is 2. The second-order valence-electron chi connectivity index (χ2n) is 3.47. The number of benzene rings is 1. The predicted octanol–water partition coefficient (Wildman–Crippen LogP) is 1.85. The molecule has 0 saturated carbocycles. The van der Waals surface area contributed by atoms with E-state index in [0.717, 1.165) is 12.5 Å². The van der Waals surface area contributed by atoms with Gasteiger partial charge in [-0.05, 0) is 18.6 Å². The van der Waals surface area contributed by atoms with Gasteiger partial charge in [-0.1, -0.05) is 6.92 Å². The Morgan fingerprint density at radius 2 is 1.94 bits per heavy atom. The summed E-state index contributed by atoms with van der Waals surface area (Å²) in [7, 11) is 0. The Hall–Kier alpha value is -1.42. The first-order chi connectivity index (χ1) is 7.56. The molecule has 0 spiro atoms. The van der Waals surface area contributed by atoms with E-state index in [1.165, 1.54) is 12.1 Å². The Morgan fingerprint density at radius 1 is 1.38 bits per heavy atom. The second-order valence-corrected chi connectivity index (χ2v) is 3.78. The molecule has 1 aromatic carbocycles. The fourth-order valence-corrected chi connectivity index (χ4v) is 1.54. The highest BCUT2D eigenvalue weighted by Gasteiger charge is 2.12. The number of hydrogen-bond acceptors (Lipinski definition) is 3. The van der Waals surface area contributed by atoms with Crippen LogP contribution in [-0.4, -0.2) is 28.0 Å². The van der Waals surface area contributed by atoms with Crippen LogP contribution in [-0.2, 0) is 0 Å². The van der Waals surface area contributed by atoms with Gasteiger partial charge in [0.15, 0.2) is 0 Å². The molecule has 0 heterocycles. The van der Waals surface area contributed by atoms with Gasteiger partial charge >= 0.3 is 0 Å². The number of amides is 1. The van der Waals surface area contributed by atoms with Crippen LogP contribution in [0.1, 0.15) is 23.7 Å². The summed E-state index contributed by atoms with van der Waals surface area (Å²) in [6, 6.07) is 3.63. The Labute approximate surface area is 98.9 Å².